The second kappa shape index (κ2) is 4.00. The topological polar surface area (TPSA) is 27.7 Å². The maximum Gasteiger partial charge on any atom is 0.210 e. The van der Waals surface area contributed by atoms with Crippen molar-refractivity contribution >= 4 is 23.5 Å². The summed E-state index contributed by atoms with van der Waals surface area (Å²) in [5.74, 6) is 2.06. The van der Waals surface area contributed by atoms with Crippen molar-refractivity contribution in [2.45, 2.75) is 11.2 Å². The predicted molar refractivity (Wildman–Crippen MR) is 45.5 cm³/mol. The van der Waals surface area contributed by atoms with Crippen molar-refractivity contribution < 1.29 is 14.2 Å². The fourth-order valence-electron chi connectivity index (χ4n) is 0.921. The molecule has 2 fully saturated rings. The van der Waals surface area contributed by atoms with Crippen molar-refractivity contribution in [3.63, 3.8) is 0 Å². The average Bonchev–Trinajstić information content (AvgIpc) is 2.60. The third kappa shape index (κ3) is 2.26. The maximum atomic E-state index is 5.45. The highest BCUT2D eigenvalue weighted by Gasteiger charge is 2.24. The molecule has 0 aromatic heterocycles. The smallest absolute Gasteiger partial charge is 0.210 e. The van der Waals surface area contributed by atoms with Gasteiger partial charge < -0.3 is 14.2 Å². The molecule has 64 valence electrons. The number of ether oxygens (including phenoxy) is 3. The van der Waals surface area contributed by atoms with Gasteiger partial charge in [-0.3, -0.25) is 0 Å². The number of thioether (sulfide) groups is 2. The number of hydrogen-bond donors (Lipinski definition) is 0. The Balaban J connectivity index is 1.71. The van der Waals surface area contributed by atoms with Crippen LogP contribution in [0.25, 0.3) is 0 Å². The lowest BCUT2D eigenvalue weighted by Crippen LogP contribution is -2.15. The van der Waals surface area contributed by atoms with E-state index >= 15 is 0 Å². The lowest BCUT2D eigenvalue weighted by atomic mass is 10.9. The van der Waals surface area contributed by atoms with Crippen LogP contribution in [-0.2, 0) is 14.2 Å². The summed E-state index contributed by atoms with van der Waals surface area (Å²) in [5.41, 5.74) is -0.184. The molecule has 2 aliphatic heterocycles. The van der Waals surface area contributed by atoms with E-state index in [9.17, 15) is 0 Å². The minimum Gasteiger partial charge on any atom is -0.343 e. The van der Waals surface area contributed by atoms with E-state index < -0.39 is 0 Å². The highest BCUT2D eigenvalue weighted by Crippen LogP contribution is 2.28. The number of hydrogen-bond acceptors (Lipinski definition) is 5. The SMILES string of the molecule is C1CSC(OC2OCCS2)O1. The van der Waals surface area contributed by atoms with Crippen LogP contribution in [-0.4, -0.2) is 36.0 Å². The van der Waals surface area contributed by atoms with E-state index in [4.69, 9.17) is 14.2 Å². The molecule has 3 nitrogen and oxygen atoms in total. The maximum absolute atomic E-state index is 5.45. The van der Waals surface area contributed by atoms with E-state index in [0.717, 1.165) is 24.7 Å². The quantitative estimate of drug-likeness (QED) is 0.656. The second-order valence-corrected chi connectivity index (χ2v) is 4.45. The zero-order valence-electron chi connectivity index (χ0n) is 6.02. The van der Waals surface area contributed by atoms with Crippen LogP contribution in [0.4, 0.5) is 0 Å². The summed E-state index contributed by atoms with van der Waals surface area (Å²) in [6.07, 6.45) is 0. The fourth-order valence-corrected chi connectivity index (χ4v) is 2.51. The molecule has 0 amide bonds. The van der Waals surface area contributed by atoms with Gasteiger partial charge in [-0.25, -0.2) is 0 Å². The molecular formula is C6H10O3S2. The molecule has 2 rings (SSSR count). The Morgan fingerprint density at radius 1 is 1.00 bits per heavy atom. The zero-order chi connectivity index (χ0) is 7.52. The largest absolute Gasteiger partial charge is 0.343 e. The molecule has 0 aromatic rings. The molecule has 5 heteroatoms. The van der Waals surface area contributed by atoms with Gasteiger partial charge in [0.25, 0.3) is 0 Å². The van der Waals surface area contributed by atoms with E-state index in [1.807, 2.05) is 0 Å². The summed E-state index contributed by atoms with van der Waals surface area (Å²) in [7, 11) is 0. The lowest BCUT2D eigenvalue weighted by molar-refractivity contribution is -0.154. The summed E-state index contributed by atoms with van der Waals surface area (Å²) in [5, 5.41) is 0. The Labute approximate surface area is 74.1 Å². The van der Waals surface area contributed by atoms with Gasteiger partial charge in [0, 0.05) is 11.5 Å². The van der Waals surface area contributed by atoms with Crippen molar-refractivity contribution in [1.29, 1.82) is 0 Å². The molecule has 0 aliphatic carbocycles. The Morgan fingerprint density at radius 2 is 1.55 bits per heavy atom. The van der Waals surface area contributed by atoms with Gasteiger partial charge in [0.05, 0.1) is 13.2 Å². The van der Waals surface area contributed by atoms with Crippen molar-refractivity contribution in [1.82, 2.24) is 0 Å². The van der Waals surface area contributed by atoms with Crippen molar-refractivity contribution in [3.8, 4) is 0 Å². The highest BCUT2D eigenvalue weighted by molar-refractivity contribution is 8.00. The van der Waals surface area contributed by atoms with Crippen LogP contribution in [0, 0.1) is 0 Å². The van der Waals surface area contributed by atoms with Gasteiger partial charge in [-0.1, -0.05) is 23.5 Å². The molecule has 11 heavy (non-hydrogen) atoms. The Hall–Kier alpha value is 0.580. The highest BCUT2D eigenvalue weighted by atomic mass is 32.2. The number of rotatable bonds is 2. The molecule has 2 aliphatic rings. The summed E-state index contributed by atoms with van der Waals surface area (Å²) in [6.45, 7) is 1.60. The van der Waals surface area contributed by atoms with E-state index in [-0.39, 0.29) is 11.2 Å². The van der Waals surface area contributed by atoms with Gasteiger partial charge in [-0.15, -0.1) is 0 Å². The van der Waals surface area contributed by atoms with Gasteiger partial charge in [-0.05, 0) is 0 Å². The van der Waals surface area contributed by atoms with E-state index in [2.05, 4.69) is 0 Å². The molecule has 2 atom stereocenters. The third-order valence-corrected chi connectivity index (χ3v) is 3.25. The van der Waals surface area contributed by atoms with Gasteiger partial charge in [0.15, 0.2) is 0 Å². The van der Waals surface area contributed by atoms with Crippen LogP contribution in [0.15, 0.2) is 0 Å². The molecule has 2 unspecified atom stereocenters. The first-order valence-electron chi connectivity index (χ1n) is 3.57. The Bertz CT molecular complexity index is 107. The molecule has 0 bridgehead atoms. The van der Waals surface area contributed by atoms with Crippen LogP contribution in [0.3, 0.4) is 0 Å². The standard InChI is InChI=1S/C6H10O3S2/c1-3-10-5(7-1)9-6-8-2-4-11-6/h5-6H,1-4H2. The Morgan fingerprint density at radius 3 is 1.91 bits per heavy atom. The van der Waals surface area contributed by atoms with E-state index in [1.54, 1.807) is 23.5 Å². The van der Waals surface area contributed by atoms with Crippen LogP contribution in [0.1, 0.15) is 0 Å². The van der Waals surface area contributed by atoms with Crippen LogP contribution >= 0.6 is 23.5 Å². The molecule has 2 saturated heterocycles. The lowest BCUT2D eigenvalue weighted by Gasteiger charge is -2.14. The second-order valence-electron chi connectivity index (χ2n) is 2.20. The zero-order valence-corrected chi connectivity index (χ0v) is 7.66. The minimum atomic E-state index is -0.0920. The first kappa shape index (κ1) is 8.19. The summed E-state index contributed by atoms with van der Waals surface area (Å²) in [4.78, 5) is 0. The first-order chi connectivity index (χ1) is 5.45. The summed E-state index contributed by atoms with van der Waals surface area (Å²) >= 11 is 3.38. The minimum absolute atomic E-state index is 0.0920. The van der Waals surface area contributed by atoms with Crippen LogP contribution in [0.5, 0.6) is 0 Å². The molecule has 0 N–H and O–H groups in total. The first-order valence-corrected chi connectivity index (χ1v) is 5.67. The Kier molecular flexibility index (Phi) is 2.98. The third-order valence-electron chi connectivity index (χ3n) is 1.40. The fraction of sp³-hybridized carbons (Fsp3) is 1.00. The van der Waals surface area contributed by atoms with Crippen molar-refractivity contribution in [2.24, 2.45) is 0 Å². The molecular weight excluding hydrogens is 184 g/mol. The van der Waals surface area contributed by atoms with Gasteiger partial charge in [0.2, 0.25) is 11.2 Å². The van der Waals surface area contributed by atoms with Crippen LogP contribution in [0.2, 0.25) is 0 Å². The van der Waals surface area contributed by atoms with Gasteiger partial charge in [0.1, 0.15) is 0 Å². The van der Waals surface area contributed by atoms with Crippen molar-refractivity contribution in [2.75, 3.05) is 24.7 Å². The normalized spacial score (nSPS) is 38.2. The molecule has 2 heterocycles. The molecule has 0 spiro atoms. The van der Waals surface area contributed by atoms with E-state index in [1.165, 1.54) is 0 Å². The molecule has 0 aromatic carbocycles. The molecule has 0 radical (unpaired) electrons. The van der Waals surface area contributed by atoms with Crippen LogP contribution < -0.4 is 0 Å². The van der Waals surface area contributed by atoms with Gasteiger partial charge >= 0.3 is 0 Å². The monoisotopic (exact) mass is 194 g/mol. The van der Waals surface area contributed by atoms with Gasteiger partial charge in [-0.2, -0.15) is 0 Å². The summed E-state index contributed by atoms with van der Waals surface area (Å²) < 4.78 is 16.0. The predicted octanol–water partition coefficient (Wildman–Crippen LogP) is 1.10. The van der Waals surface area contributed by atoms with E-state index in [0.29, 0.717) is 0 Å². The van der Waals surface area contributed by atoms with Crippen molar-refractivity contribution in [3.05, 3.63) is 0 Å². The average molecular weight is 194 g/mol. The summed E-state index contributed by atoms with van der Waals surface area (Å²) in [6, 6.07) is 0. The molecule has 0 saturated carbocycles.